The molecule has 0 aromatic heterocycles. The Morgan fingerprint density at radius 3 is 2.39 bits per heavy atom. The third-order valence-corrected chi connectivity index (χ3v) is 8.08. The van der Waals surface area contributed by atoms with E-state index in [0.717, 1.165) is 0 Å². The molecule has 11 nitrogen and oxygen atoms in total. The summed E-state index contributed by atoms with van der Waals surface area (Å²) in [7, 11) is 1.35. The van der Waals surface area contributed by atoms with E-state index in [1.165, 1.54) is 32.2 Å². The highest BCUT2D eigenvalue weighted by Crippen LogP contribution is 2.53. The number of fused-ring (bicyclic) bond motifs is 3. The number of carbonyl (C=O) groups is 3. The number of phenolic OH excluding ortho intramolecular Hbond substituents is 2. The van der Waals surface area contributed by atoms with Gasteiger partial charge in [0.25, 0.3) is 0 Å². The number of aliphatic hydroxyl groups excluding tert-OH is 1. The summed E-state index contributed by atoms with van der Waals surface area (Å²) < 4.78 is 11.3. The summed E-state index contributed by atoms with van der Waals surface area (Å²) in [6, 6.07) is 3.80. The number of aromatic hydroxyl groups is 2. The van der Waals surface area contributed by atoms with Crippen molar-refractivity contribution in [1.29, 1.82) is 0 Å². The highest BCUT2D eigenvalue weighted by Gasteiger charge is 2.51. The zero-order chi connectivity index (χ0) is 27.0. The van der Waals surface area contributed by atoms with E-state index < -0.39 is 70.3 Å². The second-order valence-corrected chi connectivity index (χ2v) is 10.2. The largest absolute Gasteiger partial charge is 0.507 e. The van der Waals surface area contributed by atoms with Crippen molar-refractivity contribution in [2.45, 2.75) is 69.0 Å². The predicted octanol–water partition coefficient (Wildman–Crippen LogP) is 0.273. The number of Topliss-reactive ketones (excluding diaryl/α,β-unsaturated/α-hetero) is 1. The Balaban J connectivity index is 0.00000336. The molecule has 2 aromatic carbocycles. The average Bonchev–Trinajstić information content (AvgIpc) is 2.86. The number of benzene rings is 2. The van der Waals surface area contributed by atoms with Crippen LogP contribution in [0.25, 0.3) is 0 Å². The van der Waals surface area contributed by atoms with E-state index in [1.807, 2.05) is 0 Å². The van der Waals surface area contributed by atoms with Gasteiger partial charge in [-0.2, -0.15) is 0 Å². The Kier molecular flexibility index (Phi) is 6.87. The van der Waals surface area contributed by atoms with E-state index in [0.29, 0.717) is 0 Å². The van der Waals surface area contributed by atoms with Gasteiger partial charge in [-0.3, -0.25) is 14.4 Å². The van der Waals surface area contributed by atoms with Crippen LogP contribution in [0.5, 0.6) is 17.2 Å². The van der Waals surface area contributed by atoms with Crippen molar-refractivity contribution >= 4 is 17.3 Å². The van der Waals surface area contributed by atoms with Crippen LogP contribution in [0.3, 0.4) is 0 Å². The number of phenols is 2. The molecule has 0 bridgehead atoms. The second kappa shape index (κ2) is 9.44. The molecule has 1 fully saturated rings. The summed E-state index contributed by atoms with van der Waals surface area (Å²) in [5, 5.41) is 44.5. The monoisotopic (exact) mass is 529 g/mol. The van der Waals surface area contributed by atoms with Crippen LogP contribution in [0.2, 0.25) is 0 Å². The van der Waals surface area contributed by atoms with E-state index in [2.05, 4.69) is 0 Å². The van der Waals surface area contributed by atoms with Gasteiger partial charge in [0.05, 0.1) is 42.1 Å². The number of rotatable bonds is 3. The Bertz CT molecular complexity index is 1340. The van der Waals surface area contributed by atoms with Gasteiger partial charge in [-0.25, -0.2) is 0 Å². The fraction of sp³-hybridized carbons (Fsp3) is 0.444. The zero-order valence-corrected chi connectivity index (χ0v) is 21.1. The van der Waals surface area contributed by atoms with Crippen LogP contribution in [-0.2, 0) is 16.0 Å². The molecule has 0 saturated carbocycles. The van der Waals surface area contributed by atoms with Crippen molar-refractivity contribution in [3.05, 3.63) is 51.6 Å². The summed E-state index contributed by atoms with van der Waals surface area (Å²) in [4.78, 5) is 39.7. The predicted molar refractivity (Wildman–Crippen MR) is 133 cm³/mol. The standard InChI is InChI=1S/C27H29NO9.H2O/c1-10-22(30)15(28)7-17(37-10)13-8-27(35,11(2)29)9-14-18(13)25(33)21-20(24(14)32)23(31)12-5-4-6-16(36-3)19(12)26(21)34;/h4-6,10,13,15,17,22,30,32-33,35H,7-9,28H2,1-3H3;1H2/t10-,13?,15+,17-,22+,27?;/m1./s1. The van der Waals surface area contributed by atoms with Crippen LogP contribution >= 0.6 is 0 Å². The third kappa shape index (κ3) is 3.81. The lowest BCUT2D eigenvalue weighted by Gasteiger charge is -2.45. The fourth-order valence-corrected chi connectivity index (χ4v) is 6.04. The lowest BCUT2D eigenvalue weighted by molar-refractivity contribution is -0.146. The number of aliphatic hydroxyl groups is 2. The normalized spacial score (nSPS) is 30.0. The maximum Gasteiger partial charge on any atom is 0.202 e. The number of methoxy groups -OCH3 is 1. The van der Waals surface area contributed by atoms with Gasteiger partial charge in [-0.1, -0.05) is 12.1 Å². The molecule has 8 N–H and O–H groups in total. The molecular formula is C27H31NO10. The molecule has 0 amide bonds. The second-order valence-electron chi connectivity index (χ2n) is 10.2. The number of nitrogens with two attached hydrogens (primary N) is 1. The average molecular weight is 530 g/mol. The van der Waals surface area contributed by atoms with Crippen LogP contribution in [-0.4, -0.2) is 80.3 Å². The molecule has 2 unspecified atom stereocenters. The van der Waals surface area contributed by atoms with Crippen LogP contribution in [0.15, 0.2) is 18.2 Å². The molecule has 2 aliphatic carbocycles. The van der Waals surface area contributed by atoms with Gasteiger partial charge in [-0.05, 0) is 32.8 Å². The molecule has 1 aliphatic heterocycles. The van der Waals surface area contributed by atoms with E-state index >= 15 is 0 Å². The van der Waals surface area contributed by atoms with Gasteiger partial charge < -0.3 is 41.1 Å². The smallest absolute Gasteiger partial charge is 0.202 e. The van der Waals surface area contributed by atoms with Crippen molar-refractivity contribution in [2.75, 3.05) is 7.11 Å². The molecular weight excluding hydrogens is 498 g/mol. The first-order chi connectivity index (χ1) is 17.4. The minimum Gasteiger partial charge on any atom is -0.507 e. The van der Waals surface area contributed by atoms with Gasteiger partial charge in [0.15, 0.2) is 11.6 Å². The number of hydrogen-bond donors (Lipinski definition) is 5. The SMILES string of the molecule is COc1cccc2c1C(=O)c1c(O)c3c(c(O)c1C2=O)CC(O)(C(C)=O)CC3[C@H]1C[C@H](N)[C@@H](O)[C@@H](C)O1.O. The van der Waals surface area contributed by atoms with Crippen molar-refractivity contribution < 1.29 is 49.8 Å². The van der Waals surface area contributed by atoms with E-state index in [1.54, 1.807) is 6.92 Å². The molecule has 3 aliphatic rings. The minimum atomic E-state index is -1.93. The maximum absolute atomic E-state index is 13.7. The van der Waals surface area contributed by atoms with E-state index in [-0.39, 0.29) is 58.3 Å². The highest BCUT2D eigenvalue weighted by molar-refractivity contribution is 6.31. The van der Waals surface area contributed by atoms with Crippen LogP contribution in [0.4, 0.5) is 0 Å². The highest BCUT2D eigenvalue weighted by atomic mass is 16.5. The Labute approximate surface area is 218 Å². The first kappa shape index (κ1) is 27.7. The van der Waals surface area contributed by atoms with Crippen molar-refractivity contribution in [2.24, 2.45) is 5.73 Å². The van der Waals surface area contributed by atoms with Crippen LogP contribution in [0.1, 0.15) is 75.6 Å². The summed E-state index contributed by atoms with van der Waals surface area (Å²) in [5.74, 6) is -3.79. The van der Waals surface area contributed by atoms with Crippen molar-refractivity contribution in [1.82, 2.24) is 0 Å². The fourth-order valence-electron chi connectivity index (χ4n) is 6.04. The number of hydrogen-bond acceptors (Lipinski definition) is 10. The van der Waals surface area contributed by atoms with Gasteiger partial charge in [0.2, 0.25) is 5.78 Å². The molecule has 38 heavy (non-hydrogen) atoms. The third-order valence-electron chi connectivity index (χ3n) is 8.08. The van der Waals surface area contributed by atoms with Gasteiger partial charge in [0, 0.05) is 35.1 Å². The minimum absolute atomic E-state index is 0. The van der Waals surface area contributed by atoms with E-state index in [4.69, 9.17) is 15.2 Å². The number of ether oxygens (including phenoxy) is 2. The summed E-state index contributed by atoms with van der Waals surface area (Å²) in [6.45, 7) is 2.85. The van der Waals surface area contributed by atoms with Crippen LogP contribution in [0, 0.1) is 0 Å². The van der Waals surface area contributed by atoms with Gasteiger partial charge >= 0.3 is 0 Å². The van der Waals surface area contributed by atoms with Crippen LogP contribution < -0.4 is 10.5 Å². The Hall–Kier alpha value is -3.35. The summed E-state index contributed by atoms with van der Waals surface area (Å²) >= 11 is 0. The molecule has 11 heteroatoms. The first-order valence-electron chi connectivity index (χ1n) is 12.1. The topological polar surface area (TPSA) is 208 Å². The molecule has 204 valence electrons. The quantitative estimate of drug-likeness (QED) is 0.293. The summed E-state index contributed by atoms with van der Waals surface area (Å²) in [5.41, 5.74) is 3.53. The zero-order valence-electron chi connectivity index (χ0n) is 21.1. The number of carbonyl (C=O) groups excluding carboxylic acids is 3. The Morgan fingerprint density at radius 1 is 1.13 bits per heavy atom. The molecule has 1 heterocycles. The number of ketones is 3. The lowest BCUT2D eigenvalue weighted by atomic mass is 9.66. The first-order valence-corrected chi connectivity index (χ1v) is 12.1. The maximum atomic E-state index is 13.7. The molecule has 1 saturated heterocycles. The molecule has 0 radical (unpaired) electrons. The molecule has 2 aromatic rings. The molecule has 0 spiro atoms. The molecule has 5 rings (SSSR count). The lowest BCUT2D eigenvalue weighted by Crippen LogP contribution is -2.54. The van der Waals surface area contributed by atoms with Gasteiger partial charge in [0.1, 0.15) is 22.8 Å². The molecule has 6 atom stereocenters. The van der Waals surface area contributed by atoms with Crippen molar-refractivity contribution in [3.8, 4) is 17.2 Å². The van der Waals surface area contributed by atoms with Gasteiger partial charge in [-0.15, -0.1) is 0 Å². The summed E-state index contributed by atoms with van der Waals surface area (Å²) in [6.07, 6.45) is -2.81. The van der Waals surface area contributed by atoms with E-state index in [9.17, 15) is 34.8 Å². The van der Waals surface area contributed by atoms with Crippen molar-refractivity contribution in [3.63, 3.8) is 0 Å². The Morgan fingerprint density at radius 2 is 1.79 bits per heavy atom.